The van der Waals surface area contributed by atoms with Gasteiger partial charge in [0.15, 0.2) is 5.60 Å². The van der Waals surface area contributed by atoms with Gasteiger partial charge in [0.1, 0.15) is 0 Å². The molecule has 0 spiro atoms. The van der Waals surface area contributed by atoms with E-state index in [0.717, 1.165) is 6.42 Å². The lowest BCUT2D eigenvalue weighted by atomic mass is 9.89. The Kier molecular flexibility index (Phi) is 6.09. The van der Waals surface area contributed by atoms with Crippen LogP contribution in [0.15, 0.2) is 0 Å². The summed E-state index contributed by atoms with van der Waals surface area (Å²) in [6, 6.07) is -0.411. The third-order valence-corrected chi connectivity index (χ3v) is 4.14. The van der Waals surface area contributed by atoms with Gasteiger partial charge in [-0.25, -0.2) is 4.79 Å². The van der Waals surface area contributed by atoms with Crippen molar-refractivity contribution >= 4 is 6.03 Å². The molecule has 130 valence electrons. The van der Waals surface area contributed by atoms with Gasteiger partial charge in [-0.2, -0.15) is 13.2 Å². The fraction of sp³-hybridized carbons (Fsp3) is 0.929. The van der Waals surface area contributed by atoms with E-state index in [1.54, 1.807) is 0 Å². The van der Waals surface area contributed by atoms with Gasteiger partial charge in [-0.15, -0.1) is 0 Å². The normalized spacial score (nSPS) is 19.1. The summed E-state index contributed by atoms with van der Waals surface area (Å²) in [6.07, 6.45) is -4.24. The van der Waals surface area contributed by atoms with Gasteiger partial charge in [0, 0.05) is 39.1 Å². The van der Waals surface area contributed by atoms with Gasteiger partial charge < -0.3 is 20.4 Å². The Balaban J connectivity index is 2.32. The van der Waals surface area contributed by atoms with E-state index in [-0.39, 0.29) is 25.1 Å². The minimum absolute atomic E-state index is 0.0586. The van der Waals surface area contributed by atoms with Crippen molar-refractivity contribution in [3.05, 3.63) is 0 Å². The fourth-order valence-electron chi connectivity index (χ4n) is 2.32. The number of piperidine rings is 1. The SMILES string of the molecule is CC(C)(CO)CCCNC(=O)N1CCC(O)(C(F)(F)F)CC1. The number of amides is 2. The summed E-state index contributed by atoms with van der Waals surface area (Å²) in [5, 5.41) is 21.3. The second-order valence-electron chi connectivity index (χ2n) is 6.67. The predicted molar refractivity (Wildman–Crippen MR) is 75.3 cm³/mol. The molecule has 0 aromatic rings. The molecule has 1 heterocycles. The van der Waals surface area contributed by atoms with Crippen molar-refractivity contribution in [3.63, 3.8) is 0 Å². The van der Waals surface area contributed by atoms with Gasteiger partial charge >= 0.3 is 12.2 Å². The molecule has 0 saturated carbocycles. The molecule has 0 radical (unpaired) electrons. The van der Waals surface area contributed by atoms with Crippen LogP contribution in [0.4, 0.5) is 18.0 Å². The molecule has 2 amide bonds. The molecule has 1 aliphatic rings. The molecule has 1 aliphatic heterocycles. The van der Waals surface area contributed by atoms with E-state index in [0.29, 0.717) is 13.0 Å². The maximum absolute atomic E-state index is 12.7. The van der Waals surface area contributed by atoms with E-state index < -0.39 is 30.7 Å². The zero-order valence-electron chi connectivity index (χ0n) is 13.0. The van der Waals surface area contributed by atoms with Crippen molar-refractivity contribution < 1.29 is 28.2 Å². The molecule has 0 aliphatic carbocycles. The van der Waals surface area contributed by atoms with Crippen molar-refractivity contribution in [2.24, 2.45) is 5.41 Å². The Morgan fingerprint density at radius 2 is 1.82 bits per heavy atom. The van der Waals surface area contributed by atoms with Crippen molar-refractivity contribution in [3.8, 4) is 0 Å². The highest BCUT2D eigenvalue weighted by Gasteiger charge is 2.54. The van der Waals surface area contributed by atoms with Crippen LogP contribution in [0.1, 0.15) is 39.5 Å². The highest BCUT2D eigenvalue weighted by molar-refractivity contribution is 5.74. The zero-order chi connectivity index (χ0) is 17.0. The summed E-state index contributed by atoms with van der Waals surface area (Å²) in [4.78, 5) is 13.1. The number of likely N-dealkylation sites (tertiary alicyclic amines) is 1. The number of halogens is 3. The lowest BCUT2D eigenvalue weighted by Gasteiger charge is -2.39. The monoisotopic (exact) mass is 326 g/mol. The van der Waals surface area contributed by atoms with E-state index in [2.05, 4.69) is 5.32 Å². The standard InChI is InChI=1S/C14H25F3N2O3/c1-12(2,10-20)4-3-7-18-11(21)19-8-5-13(22,6-9-19)14(15,16)17/h20,22H,3-10H2,1-2H3,(H,18,21). The van der Waals surface area contributed by atoms with Crippen LogP contribution in [0.5, 0.6) is 0 Å². The van der Waals surface area contributed by atoms with Crippen molar-refractivity contribution in [2.45, 2.75) is 51.3 Å². The van der Waals surface area contributed by atoms with Crippen molar-refractivity contribution in [2.75, 3.05) is 26.2 Å². The number of rotatable bonds is 5. The first-order valence-electron chi connectivity index (χ1n) is 7.43. The molecule has 1 saturated heterocycles. The first-order chi connectivity index (χ1) is 10.0. The quantitative estimate of drug-likeness (QED) is 0.676. The number of aliphatic hydroxyl groups excluding tert-OH is 1. The van der Waals surface area contributed by atoms with Crippen LogP contribution >= 0.6 is 0 Å². The number of aliphatic hydroxyl groups is 2. The lowest BCUT2D eigenvalue weighted by molar-refractivity contribution is -0.271. The number of carbonyl (C=O) groups excluding carboxylic acids is 1. The molecule has 1 rings (SSSR count). The maximum atomic E-state index is 12.7. The second kappa shape index (κ2) is 7.04. The molecule has 0 bridgehead atoms. The van der Waals surface area contributed by atoms with Crippen molar-refractivity contribution in [1.82, 2.24) is 10.2 Å². The van der Waals surface area contributed by atoms with Crippen molar-refractivity contribution in [1.29, 1.82) is 0 Å². The van der Waals surface area contributed by atoms with E-state index >= 15 is 0 Å². The number of nitrogens with zero attached hydrogens (tertiary/aromatic N) is 1. The largest absolute Gasteiger partial charge is 0.417 e. The van der Waals surface area contributed by atoms with E-state index in [4.69, 9.17) is 5.11 Å². The molecule has 0 aromatic carbocycles. The van der Waals surface area contributed by atoms with Crippen LogP contribution in [0.2, 0.25) is 0 Å². The van der Waals surface area contributed by atoms with Crippen LogP contribution in [0, 0.1) is 5.41 Å². The summed E-state index contributed by atoms with van der Waals surface area (Å²) in [6.45, 7) is 4.05. The minimum atomic E-state index is -4.66. The van der Waals surface area contributed by atoms with E-state index in [1.807, 2.05) is 13.8 Å². The number of urea groups is 1. The fourth-order valence-corrected chi connectivity index (χ4v) is 2.32. The summed E-state index contributed by atoms with van der Waals surface area (Å²) >= 11 is 0. The molecule has 3 N–H and O–H groups in total. The number of hydrogen-bond acceptors (Lipinski definition) is 3. The Hall–Kier alpha value is -1.02. The highest BCUT2D eigenvalue weighted by Crippen LogP contribution is 2.38. The predicted octanol–water partition coefficient (Wildman–Crippen LogP) is 1.88. The van der Waals surface area contributed by atoms with Crippen LogP contribution < -0.4 is 5.32 Å². The molecule has 0 aromatic heterocycles. The molecule has 0 atom stereocenters. The average Bonchev–Trinajstić information content (AvgIpc) is 2.43. The van der Waals surface area contributed by atoms with E-state index in [1.165, 1.54) is 4.90 Å². The maximum Gasteiger partial charge on any atom is 0.417 e. The molecular weight excluding hydrogens is 301 g/mol. The molecular formula is C14H25F3N2O3. The third-order valence-electron chi connectivity index (χ3n) is 4.14. The van der Waals surface area contributed by atoms with Crippen LogP contribution in [0.3, 0.4) is 0 Å². The number of nitrogens with one attached hydrogen (secondary N) is 1. The Bertz CT molecular complexity index is 378. The summed E-state index contributed by atoms with van der Waals surface area (Å²) in [7, 11) is 0. The Labute approximate surface area is 128 Å². The number of hydrogen-bond donors (Lipinski definition) is 3. The first-order valence-corrected chi connectivity index (χ1v) is 7.43. The van der Waals surface area contributed by atoms with Crippen LogP contribution in [0.25, 0.3) is 0 Å². The minimum Gasteiger partial charge on any atom is -0.396 e. The number of carbonyl (C=O) groups is 1. The van der Waals surface area contributed by atoms with Crippen LogP contribution in [-0.4, -0.2) is 59.2 Å². The molecule has 22 heavy (non-hydrogen) atoms. The molecule has 0 unspecified atom stereocenters. The number of alkyl halides is 3. The molecule has 8 heteroatoms. The molecule has 5 nitrogen and oxygen atoms in total. The Morgan fingerprint density at radius 1 is 1.27 bits per heavy atom. The first kappa shape index (κ1) is 19.0. The average molecular weight is 326 g/mol. The highest BCUT2D eigenvalue weighted by atomic mass is 19.4. The topological polar surface area (TPSA) is 72.8 Å². The summed E-state index contributed by atoms with van der Waals surface area (Å²) in [5.41, 5.74) is -2.89. The zero-order valence-corrected chi connectivity index (χ0v) is 13.0. The third kappa shape index (κ3) is 5.01. The van der Waals surface area contributed by atoms with Gasteiger partial charge in [0.05, 0.1) is 0 Å². The van der Waals surface area contributed by atoms with Gasteiger partial charge in [0.25, 0.3) is 0 Å². The van der Waals surface area contributed by atoms with Gasteiger partial charge in [0.2, 0.25) is 0 Å². The van der Waals surface area contributed by atoms with E-state index in [9.17, 15) is 23.1 Å². The van der Waals surface area contributed by atoms with Gasteiger partial charge in [-0.05, 0) is 18.3 Å². The van der Waals surface area contributed by atoms with Crippen LogP contribution in [-0.2, 0) is 0 Å². The summed E-state index contributed by atoms with van der Waals surface area (Å²) < 4.78 is 38.0. The second-order valence-corrected chi connectivity index (χ2v) is 6.67. The molecule has 1 fully saturated rings. The van der Waals surface area contributed by atoms with Gasteiger partial charge in [-0.1, -0.05) is 13.8 Å². The Morgan fingerprint density at radius 3 is 2.27 bits per heavy atom. The smallest absolute Gasteiger partial charge is 0.396 e. The van der Waals surface area contributed by atoms with Gasteiger partial charge in [-0.3, -0.25) is 0 Å². The summed E-state index contributed by atoms with van der Waals surface area (Å²) in [5.74, 6) is 0. The lowest BCUT2D eigenvalue weighted by Crippen LogP contribution is -2.55.